The van der Waals surface area contributed by atoms with E-state index >= 15 is 0 Å². The molecule has 4 aliphatic carbocycles. The quantitative estimate of drug-likeness (QED) is 0.555. The van der Waals surface area contributed by atoms with Gasteiger partial charge in [-0.2, -0.15) is 0 Å². The zero-order chi connectivity index (χ0) is 16.6. The summed E-state index contributed by atoms with van der Waals surface area (Å²) in [6.07, 6.45) is 5.49. The summed E-state index contributed by atoms with van der Waals surface area (Å²) in [5.41, 5.74) is 0.0101. The summed E-state index contributed by atoms with van der Waals surface area (Å²) in [6.45, 7) is 5.80. The van der Waals surface area contributed by atoms with Gasteiger partial charge < -0.3 is 14.2 Å². The first-order valence-electron chi connectivity index (χ1n) is 8.47. The first-order valence-corrected chi connectivity index (χ1v) is 8.47. The Hall–Kier alpha value is -1.36. The molecule has 4 aliphatic rings. The molecule has 0 aromatic carbocycles. The Morgan fingerprint density at radius 2 is 1.83 bits per heavy atom. The van der Waals surface area contributed by atoms with Crippen molar-refractivity contribution in [2.75, 3.05) is 20.3 Å². The van der Waals surface area contributed by atoms with Crippen LogP contribution in [0.2, 0.25) is 0 Å². The van der Waals surface area contributed by atoms with Crippen LogP contribution in [0.25, 0.3) is 0 Å². The second kappa shape index (κ2) is 6.27. The molecule has 3 unspecified atom stereocenters. The van der Waals surface area contributed by atoms with E-state index < -0.39 is 5.60 Å². The Bertz CT molecular complexity index is 498. The second-order valence-electron chi connectivity index (χ2n) is 7.54. The number of carbonyl (C=O) groups is 2. The molecule has 23 heavy (non-hydrogen) atoms. The van der Waals surface area contributed by atoms with Crippen molar-refractivity contribution in [1.29, 1.82) is 0 Å². The lowest BCUT2D eigenvalue weighted by atomic mass is 9.50. The van der Waals surface area contributed by atoms with Crippen LogP contribution in [-0.2, 0) is 23.8 Å². The molecule has 0 aliphatic heterocycles. The normalized spacial score (nSPS) is 37.5. The molecule has 0 spiro atoms. The van der Waals surface area contributed by atoms with E-state index in [2.05, 4.69) is 11.3 Å². The number of hydrogen-bond donors (Lipinski definition) is 0. The van der Waals surface area contributed by atoms with E-state index in [0.717, 1.165) is 12.8 Å². The van der Waals surface area contributed by atoms with Gasteiger partial charge in [-0.3, -0.25) is 0 Å². The number of rotatable bonds is 6. The topological polar surface area (TPSA) is 61.8 Å². The van der Waals surface area contributed by atoms with Crippen LogP contribution in [0.1, 0.15) is 39.0 Å². The van der Waals surface area contributed by atoms with Gasteiger partial charge in [0.2, 0.25) is 0 Å². The Balaban J connectivity index is 1.73. The maximum Gasteiger partial charge on any atom is 0.333 e. The van der Waals surface area contributed by atoms with E-state index in [1.807, 2.05) is 0 Å². The van der Waals surface area contributed by atoms with Crippen molar-refractivity contribution >= 4 is 11.9 Å². The highest BCUT2D eigenvalue weighted by Gasteiger charge is 2.59. The molecule has 4 bridgehead atoms. The standard InChI is InChI=1S/C18H26O5/c1-11(2)17(20)23-18-7-12-4-13(8-18)6-14(5-12)15(18)9-22-10-16(19)21-3/h12-15H,1,4-10H2,2-3H3. The summed E-state index contributed by atoms with van der Waals surface area (Å²) in [7, 11) is 1.35. The number of ether oxygens (including phenoxy) is 3. The fraction of sp³-hybridized carbons (Fsp3) is 0.778. The Morgan fingerprint density at radius 3 is 2.39 bits per heavy atom. The van der Waals surface area contributed by atoms with Crippen molar-refractivity contribution in [3.05, 3.63) is 12.2 Å². The van der Waals surface area contributed by atoms with Crippen LogP contribution >= 0.6 is 0 Å². The lowest BCUT2D eigenvalue weighted by Gasteiger charge is -2.60. The average Bonchev–Trinajstić information content (AvgIpc) is 2.48. The second-order valence-corrected chi connectivity index (χ2v) is 7.54. The third-order valence-corrected chi connectivity index (χ3v) is 5.84. The fourth-order valence-corrected chi connectivity index (χ4v) is 5.12. The minimum absolute atomic E-state index is 0.0446. The van der Waals surface area contributed by atoms with Crippen LogP contribution in [0, 0.1) is 23.7 Å². The van der Waals surface area contributed by atoms with Crippen LogP contribution in [0.4, 0.5) is 0 Å². The highest BCUT2D eigenvalue weighted by Crippen LogP contribution is 2.60. The van der Waals surface area contributed by atoms with Crippen molar-refractivity contribution in [2.24, 2.45) is 23.7 Å². The maximum absolute atomic E-state index is 12.2. The summed E-state index contributed by atoms with van der Waals surface area (Å²) >= 11 is 0. The van der Waals surface area contributed by atoms with Gasteiger partial charge in [-0.05, 0) is 56.8 Å². The molecule has 0 amide bonds. The predicted molar refractivity (Wildman–Crippen MR) is 83.5 cm³/mol. The Kier molecular flexibility index (Phi) is 4.50. The summed E-state index contributed by atoms with van der Waals surface area (Å²) < 4.78 is 16.2. The average molecular weight is 322 g/mol. The van der Waals surface area contributed by atoms with Gasteiger partial charge in [0.25, 0.3) is 0 Å². The van der Waals surface area contributed by atoms with Gasteiger partial charge >= 0.3 is 11.9 Å². The molecule has 0 aromatic rings. The minimum atomic E-state index is -0.430. The molecule has 0 radical (unpaired) electrons. The molecule has 5 nitrogen and oxygen atoms in total. The third-order valence-electron chi connectivity index (χ3n) is 5.84. The van der Waals surface area contributed by atoms with Gasteiger partial charge in [-0.1, -0.05) is 6.58 Å². The number of carbonyl (C=O) groups excluding carboxylic acids is 2. The van der Waals surface area contributed by atoms with Gasteiger partial charge in [0, 0.05) is 11.5 Å². The molecule has 0 N–H and O–H groups in total. The lowest BCUT2D eigenvalue weighted by molar-refractivity contribution is -0.214. The first-order chi connectivity index (χ1) is 10.9. The van der Waals surface area contributed by atoms with Gasteiger partial charge in [0.15, 0.2) is 0 Å². The van der Waals surface area contributed by atoms with Gasteiger partial charge in [-0.25, -0.2) is 9.59 Å². The van der Waals surface area contributed by atoms with Crippen molar-refractivity contribution in [3.63, 3.8) is 0 Å². The third kappa shape index (κ3) is 3.16. The molecule has 0 saturated heterocycles. The number of hydrogen-bond acceptors (Lipinski definition) is 5. The molecule has 3 atom stereocenters. The summed E-state index contributed by atoms with van der Waals surface area (Å²) in [4.78, 5) is 23.4. The first kappa shape index (κ1) is 16.5. The molecule has 4 saturated carbocycles. The van der Waals surface area contributed by atoms with Crippen LogP contribution in [0.3, 0.4) is 0 Å². The molecular formula is C18H26O5. The predicted octanol–water partition coefficient (Wildman–Crippen LogP) is 2.49. The highest BCUT2D eigenvalue weighted by molar-refractivity contribution is 5.87. The van der Waals surface area contributed by atoms with E-state index in [9.17, 15) is 9.59 Å². The monoisotopic (exact) mass is 322 g/mol. The van der Waals surface area contributed by atoms with E-state index in [4.69, 9.17) is 9.47 Å². The molecule has 4 rings (SSSR count). The number of methoxy groups -OCH3 is 1. The molecule has 4 fully saturated rings. The summed E-state index contributed by atoms with van der Waals surface area (Å²) in [6, 6.07) is 0. The lowest BCUT2D eigenvalue weighted by Crippen LogP contribution is -2.60. The van der Waals surface area contributed by atoms with Gasteiger partial charge in [-0.15, -0.1) is 0 Å². The van der Waals surface area contributed by atoms with Crippen molar-refractivity contribution in [3.8, 4) is 0 Å². The fourth-order valence-electron chi connectivity index (χ4n) is 5.12. The van der Waals surface area contributed by atoms with Crippen molar-refractivity contribution < 1.29 is 23.8 Å². The molecule has 0 heterocycles. The number of esters is 2. The van der Waals surface area contributed by atoms with Crippen LogP contribution in [-0.4, -0.2) is 37.9 Å². The van der Waals surface area contributed by atoms with E-state index in [0.29, 0.717) is 29.9 Å². The SMILES string of the molecule is C=C(C)C(=O)OC12CC3CC(CC(C3)C1COCC(=O)OC)C2. The Morgan fingerprint density at radius 1 is 1.17 bits per heavy atom. The van der Waals surface area contributed by atoms with Crippen molar-refractivity contribution in [1.82, 2.24) is 0 Å². The van der Waals surface area contributed by atoms with Crippen LogP contribution < -0.4 is 0 Å². The maximum atomic E-state index is 12.2. The van der Waals surface area contributed by atoms with E-state index in [1.54, 1.807) is 6.92 Å². The molecule has 5 heteroatoms. The van der Waals surface area contributed by atoms with Gasteiger partial charge in [0.1, 0.15) is 12.2 Å². The van der Waals surface area contributed by atoms with Crippen LogP contribution in [0.15, 0.2) is 12.2 Å². The molecule has 128 valence electrons. The zero-order valence-corrected chi connectivity index (χ0v) is 14.0. The van der Waals surface area contributed by atoms with E-state index in [-0.39, 0.29) is 24.5 Å². The Labute approximate surface area is 137 Å². The highest BCUT2D eigenvalue weighted by atomic mass is 16.6. The minimum Gasteiger partial charge on any atom is -0.467 e. The van der Waals surface area contributed by atoms with Crippen molar-refractivity contribution in [2.45, 2.75) is 44.6 Å². The zero-order valence-electron chi connectivity index (χ0n) is 14.0. The van der Waals surface area contributed by atoms with Gasteiger partial charge in [0.05, 0.1) is 13.7 Å². The molecule has 0 aromatic heterocycles. The summed E-state index contributed by atoms with van der Waals surface area (Å²) in [5, 5.41) is 0. The van der Waals surface area contributed by atoms with E-state index in [1.165, 1.54) is 26.4 Å². The summed E-state index contributed by atoms with van der Waals surface area (Å²) in [5.74, 6) is 1.33. The molecular weight excluding hydrogens is 296 g/mol. The smallest absolute Gasteiger partial charge is 0.333 e. The largest absolute Gasteiger partial charge is 0.467 e. The van der Waals surface area contributed by atoms with Crippen LogP contribution in [0.5, 0.6) is 0 Å².